The number of rotatable bonds is 1. The SMILES string of the molecule is COC(=O)c1cc(F)cc2c1CCCO2. The van der Waals surface area contributed by atoms with Crippen LogP contribution in [0.2, 0.25) is 0 Å². The zero-order chi connectivity index (χ0) is 10.8. The van der Waals surface area contributed by atoms with E-state index in [9.17, 15) is 9.18 Å². The lowest BCUT2D eigenvalue weighted by atomic mass is 10.00. The maximum atomic E-state index is 13.2. The molecule has 4 heteroatoms. The van der Waals surface area contributed by atoms with Crippen LogP contribution in [0.15, 0.2) is 12.1 Å². The summed E-state index contributed by atoms with van der Waals surface area (Å²) in [5.41, 5.74) is 1.02. The van der Waals surface area contributed by atoms with Crippen LogP contribution in [0.4, 0.5) is 4.39 Å². The summed E-state index contributed by atoms with van der Waals surface area (Å²) in [6.45, 7) is 0.567. The van der Waals surface area contributed by atoms with Gasteiger partial charge in [0.05, 0.1) is 19.3 Å². The molecule has 0 saturated heterocycles. The summed E-state index contributed by atoms with van der Waals surface area (Å²) >= 11 is 0. The zero-order valence-electron chi connectivity index (χ0n) is 8.38. The van der Waals surface area contributed by atoms with E-state index in [-0.39, 0.29) is 5.56 Å². The van der Waals surface area contributed by atoms with Crippen molar-refractivity contribution in [3.8, 4) is 5.75 Å². The van der Waals surface area contributed by atoms with E-state index in [2.05, 4.69) is 4.74 Å². The number of carbonyl (C=O) groups is 1. The van der Waals surface area contributed by atoms with Gasteiger partial charge in [0.2, 0.25) is 0 Å². The van der Waals surface area contributed by atoms with Crippen molar-refractivity contribution in [3.05, 3.63) is 29.1 Å². The predicted molar refractivity (Wildman–Crippen MR) is 51.6 cm³/mol. The molecule has 2 rings (SSSR count). The molecule has 0 atom stereocenters. The van der Waals surface area contributed by atoms with E-state index in [0.29, 0.717) is 12.4 Å². The molecule has 1 aliphatic heterocycles. The average molecular weight is 210 g/mol. The topological polar surface area (TPSA) is 35.5 Å². The van der Waals surface area contributed by atoms with Gasteiger partial charge in [-0.2, -0.15) is 0 Å². The number of hydrogen-bond donors (Lipinski definition) is 0. The zero-order valence-corrected chi connectivity index (χ0v) is 8.38. The van der Waals surface area contributed by atoms with Gasteiger partial charge >= 0.3 is 5.97 Å². The van der Waals surface area contributed by atoms with Crippen molar-refractivity contribution in [1.82, 2.24) is 0 Å². The molecule has 0 saturated carbocycles. The maximum absolute atomic E-state index is 13.2. The molecule has 0 amide bonds. The van der Waals surface area contributed by atoms with Crippen molar-refractivity contribution in [3.63, 3.8) is 0 Å². The molecule has 0 bridgehead atoms. The Morgan fingerprint density at radius 2 is 2.33 bits per heavy atom. The summed E-state index contributed by atoms with van der Waals surface area (Å²) in [4.78, 5) is 11.4. The minimum Gasteiger partial charge on any atom is -0.493 e. The molecule has 0 unspecified atom stereocenters. The number of halogens is 1. The fourth-order valence-corrected chi connectivity index (χ4v) is 1.72. The molecule has 0 radical (unpaired) electrons. The van der Waals surface area contributed by atoms with Crippen LogP contribution >= 0.6 is 0 Å². The van der Waals surface area contributed by atoms with Crippen LogP contribution in [0, 0.1) is 5.82 Å². The molecule has 1 aromatic carbocycles. The minimum absolute atomic E-state index is 0.271. The number of esters is 1. The highest BCUT2D eigenvalue weighted by Crippen LogP contribution is 2.29. The van der Waals surface area contributed by atoms with Gasteiger partial charge in [0.1, 0.15) is 11.6 Å². The Morgan fingerprint density at radius 1 is 1.53 bits per heavy atom. The molecule has 0 aliphatic carbocycles. The molecule has 0 aromatic heterocycles. The third-order valence-electron chi connectivity index (χ3n) is 2.41. The Kier molecular flexibility index (Phi) is 2.58. The third-order valence-corrected chi connectivity index (χ3v) is 2.41. The summed E-state index contributed by atoms with van der Waals surface area (Å²) in [5.74, 6) is -0.533. The Balaban J connectivity index is 2.52. The van der Waals surface area contributed by atoms with E-state index < -0.39 is 11.8 Å². The van der Waals surface area contributed by atoms with E-state index in [1.807, 2.05) is 0 Å². The highest BCUT2D eigenvalue weighted by molar-refractivity contribution is 5.92. The second-order valence-electron chi connectivity index (χ2n) is 3.37. The first kappa shape index (κ1) is 9.96. The molecule has 3 nitrogen and oxygen atoms in total. The van der Waals surface area contributed by atoms with E-state index in [1.54, 1.807) is 0 Å². The molecule has 0 spiro atoms. The number of fused-ring (bicyclic) bond motifs is 1. The van der Waals surface area contributed by atoms with Gasteiger partial charge in [-0.15, -0.1) is 0 Å². The van der Waals surface area contributed by atoms with Crippen LogP contribution in [-0.2, 0) is 11.2 Å². The van der Waals surface area contributed by atoms with Crippen molar-refractivity contribution >= 4 is 5.97 Å². The molecular weight excluding hydrogens is 199 g/mol. The average Bonchev–Trinajstić information content (AvgIpc) is 2.26. The third kappa shape index (κ3) is 1.79. The maximum Gasteiger partial charge on any atom is 0.338 e. The lowest BCUT2D eigenvalue weighted by Gasteiger charge is -2.19. The molecule has 1 heterocycles. The van der Waals surface area contributed by atoms with Gasteiger partial charge in [-0.25, -0.2) is 9.18 Å². The van der Waals surface area contributed by atoms with Gasteiger partial charge in [-0.05, 0) is 18.9 Å². The minimum atomic E-state index is -0.517. The number of ether oxygens (including phenoxy) is 2. The second kappa shape index (κ2) is 3.88. The lowest BCUT2D eigenvalue weighted by molar-refractivity contribution is 0.0597. The van der Waals surface area contributed by atoms with E-state index in [0.717, 1.165) is 18.4 Å². The largest absolute Gasteiger partial charge is 0.493 e. The molecular formula is C11H11FO3. The van der Waals surface area contributed by atoms with Gasteiger partial charge in [0.25, 0.3) is 0 Å². The smallest absolute Gasteiger partial charge is 0.338 e. The highest BCUT2D eigenvalue weighted by atomic mass is 19.1. The van der Waals surface area contributed by atoms with Gasteiger partial charge < -0.3 is 9.47 Å². The van der Waals surface area contributed by atoms with E-state index >= 15 is 0 Å². The van der Waals surface area contributed by atoms with Crippen molar-refractivity contribution in [2.24, 2.45) is 0 Å². The number of hydrogen-bond acceptors (Lipinski definition) is 3. The first-order chi connectivity index (χ1) is 7.22. The lowest BCUT2D eigenvalue weighted by Crippen LogP contribution is -2.14. The molecule has 15 heavy (non-hydrogen) atoms. The first-order valence-corrected chi connectivity index (χ1v) is 4.76. The monoisotopic (exact) mass is 210 g/mol. The molecule has 0 N–H and O–H groups in total. The van der Waals surface area contributed by atoms with Crippen LogP contribution in [0.25, 0.3) is 0 Å². The standard InChI is InChI=1S/C11H11FO3/c1-14-11(13)9-5-7(12)6-10-8(9)3-2-4-15-10/h5-6H,2-4H2,1H3. The Morgan fingerprint density at radius 3 is 3.07 bits per heavy atom. The van der Waals surface area contributed by atoms with Crippen LogP contribution in [0.3, 0.4) is 0 Å². The molecule has 1 aromatic rings. The number of methoxy groups -OCH3 is 1. The van der Waals surface area contributed by atoms with Crippen LogP contribution in [-0.4, -0.2) is 19.7 Å². The van der Waals surface area contributed by atoms with Gasteiger partial charge in [-0.1, -0.05) is 0 Å². The van der Waals surface area contributed by atoms with E-state index in [1.165, 1.54) is 19.2 Å². The van der Waals surface area contributed by atoms with Gasteiger partial charge in [0, 0.05) is 11.6 Å². The summed E-state index contributed by atoms with van der Waals surface area (Å²) in [6.07, 6.45) is 1.56. The van der Waals surface area contributed by atoms with Crippen molar-refractivity contribution in [2.75, 3.05) is 13.7 Å². The number of carbonyl (C=O) groups excluding carboxylic acids is 1. The summed E-state index contributed by atoms with van der Waals surface area (Å²) < 4.78 is 23.1. The molecule has 0 fully saturated rings. The van der Waals surface area contributed by atoms with Crippen LogP contribution in [0.5, 0.6) is 5.75 Å². The fourth-order valence-electron chi connectivity index (χ4n) is 1.72. The van der Waals surface area contributed by atoms with Crippen LogP contribution < -0.4 is 4.74 Å². The normalized spacial score (nSPS) is 14.0. The van der Waals surface area contributed by atoms with Gasteiger partial charge in [-0.3, -0.25) is 0 Å². The summed E-state index contributed by atoms with van der Waals surface area (Å²) in [5, 5.41) is 0. The summed E-state index contributed by atoms with van der Waals surface area (Å²) in [6, 6.07) is 2.50. The van der Waals surface area contributed by atoms with Gasteiger partial charge in [0.15, 0.2) is 0 Å². The van der Waals surface area contributed by atoms with Crippen LogP contribution in [0.1, 0.15) is 22.3 Å². The van der Waals surface area contributed by atoms with E-state index in [4.69, 9.17) is 4.74 Å². The fraction of sp³-hybridized carbons (Fsp3) is 0.364. The highest BCUT2D eigenvalue weighted by Gasteiger charge is 2.20. The first-order valence-electron chi connectivity index (χ1n) is 4.76. The van der Waals surface area contributed by atoms with Crippen molar-refractivity contribution < 1.29 is 18.7 Å². The summed E-state index contributed by atoms with van der Waals surface area (Å²) in [7, 11) is 1.28. The number of benzene rings is 1. The quantitative estimate of drug-likeness (QED) is 0.664. The Labute approximate surface area is 86.8 Å². The predicted octanol–water partition coefficient (Wildman–Crippen LogP) is 1.94. The van der Waals surface area contributed by atoms with Crippen molar-refractivity contribution in [1.29, 1.82) is 0 Å². The molecule has 80 valence electrons. The second-order valence-corrected chi connectivity index (χ2v) is 3.37. The van der Waals surface area contributed by atoms with Crippen molar-refractivity contribution in [2.45, 2.75) is 12.8 Å². The molecule has 1 aliphatic rings. The Bertz CT molecular complexity index is 401. The Hall–Kier alpha value is -1.58.